The Morgan fingerprint density at radius 3 is 3.13 bits per heavy atom. The largest absolute Gasteiger partial charge is 0.391 e. The van der Waals surface area contributed by atoms with Gasteiger partial charge in [0.1, 0.15) is 5.69 Å². The molecule has 1 aromatic rings. The lowest BCUT2D eigenvalue weighted by atomic mass is 10.3. The van der Waals surface area contributed by atoms with Crippen molar-refractivity contribution in [1.29, 1.82) is 0 Å². The molecular weight excluding hydrogens is 196 g/mol. The highest BCUT2D eigenvalue weighted by molar-refractivity contribution is 5.90. The maximum absolute atomic E-state index is 10.9. The van der Waals surface area contributed by atoms with Gasteiger partial charge in [-0.25, -0.2) is 9.97 Å². The standard InChI is InChI=1S/C9H11N4O2/c10-8(15)7-1-3-11-9(12-7)13-4-2-6(14)5-13/h3,6,14H,2,4-5H2,(H2,10,15). The van der Waals surface area contributed by atoms with Crippen LogP contribution in [0.1, 0.15) is 16.9 Å². The van der Waals surface area contributed by atoms with Crippen molar-refractivity contribution in [1.82, 2.24) is 9.97 Å². The van der Waals surface area contributed by atoms with Crippen LogP contribution in [0, 0.1) is 6.07 Å². The summed E-state index contributed by atoms with van der Waals surface area (Å²) in [5.74, 6) is -0.211. The van der Waals surface area contributed by atoms with Crippen LogP contribution in [0.5, 0.6) is 0 Å². The van der Waals surface area contributed by atoms with Gasteiger partial charge in [0.25, 0.3) is 5.91 Å². The van der Waals surface area contributed by atoms with Crippen LogP contribution in [-0.2, 0) is 0 Å². The molecule has 1 atom stereocenters. The molecule has 0 aliphatic carbocycles. The number of hydrogen-bond acceptors (Lipinski definition) is 5. The number of aliphatic hydroxyl groups excluding tert-OH is 1. The fraction of sp³-hybridized carbons (Fsp3) is 0.444. The number of anilines is 1. The first-order chi connectivity index (χ1) is 7.16. The van der Waals surface area contributed by atoms with Gasteiger partial charge in [0.15, 0.2) is 0 Å². The minimum Gasteiger partial charge on any atom is -0.391 e. The number of nitrogens with two attached hydrogens (primary N) is 1. The Morgan fingerprint density at radius 1 is 1.73 bits per heavy atom. The van der Waals surface area contributed by atoms with Crippen molar-refractivity contribution in [3.8, 4) is 0 Å². The zero-order valence-electron chi connectivity index (χ0n) is 8.05. The van der Waals surface area contributed by atoms with Gasteiger partial charge in [-0.1, -0.05) is 0 Å². The molecule has 1 aromatic heterocycles. The van der Waals surface area contributed by atoms with E-state index in [-0.39, 0.29) is 11.8 Å². The number of nitrogens with zero attached hydrogens (tertiary/aromatic N) is 3. The van der Waals surface area contributed by atoms with Gasteiger partial charge in [0, 0.05) is 25.4 Å². The van der Waals surface area contributed by atoms with Crippen LogP contribution in [0.25, 0.3) is 0 Å². The molecule has 79 valence electrons. The topological polar surface area (TPSA) is 92.3 Å². The summed E-state index contributed by atoms with van der Waals surface area (Å²) in [7, 11) is 0. The fourth-order valence-electron chi connectivity index (χ4n) is 1.51. The molecule has 1 radical (unpaired) electrons. The number of hydrogen-bond donors (Lipinski definition) is 2. The van der Waals surface area contributed by atoms with E-state index in [4.69, 9.17) is 5.73 Å². The van der Waals surface area contributed by atoms with Gasteiger partial charge >= 0.3 is 0 Å². The third-order valence-electron chi connectivity index (χ3n) is 2.27. The van der Waals surface area contributed by atoms with E-state index in [9.17, 15) is 9.90 Å². The van der Waals surface area contributed by atoms with E-state index in [1.165, 1.54) is 6.20 Å². The van der Waals surface area contributed by atoms with Crippen molar-refractivity contribution in [3.05, 3.63) is 18.0 Å². The Morgan fingerprint density at radius 2 is 2.53 bits per heavy atom. The van der Waals surface area contributed by atoms with E-state index >= 15 is 0 Å². The van der Waals surface area contributed by atoms with Crippen molar-refractivity contribution in [2.24, 2.45) is 5.73 Å². The summed E-state index contributed by atoms with van der Waals surface area (Å²) in [6, 6.07) is 2.56. The van der Waals surface area contributed by atoms with Crippen molar-refractivity contribution in [3.63, 3.8) is 0 Å². The molecule has 1 fully saturated rings. The summed E-state index contributed by atoms with van der Waals surface area (Å²) in [6.45, 7) is 1.17. The summed E-state index contributed by atoms with van der Waals surface area (Å²) in [5, 5.41) is 9.34. The van der Waals surface area contributed by atoms with E-state index in [0.717, 1.165) is 0 Å². The molecule has 0 spiro atoms. The normalized spacial score (nSPS) is 20.6. The zero-order valence-corrected chi connectivity index (χ0v) is 8.05. The molecule has 2 rings (SSSR count). The van der Waals surface area contributed by atoms with Gasteiger partial charge < -0.3 is 15.7 Å². The highest BCUT2D eigenvalue weighted by Gasteiger charge is 2.22. The molecule has 0 aromatic carbocycles. The molecule has 6 heteroatoms. The second-order valence-corrected chi connectivity index (χ2v) is 3.42. The Kier molecular flexibility index (Phi) is 2.51. The van der Waals surface area contributed by atoms with Crippen LogP contribution < -0.4 is 10.6 Å². The lowest BCUT2D eigenvalue weighted by Crippen LogP contribution is -2.25. The minimum absolute atomic E-state index is 0.0707. The summed E-state index contributed by atoms with van der Waals surface area (Å²) in [4.78, 5) is 20.6. The summed E-state index contributed by atoms with van der Waals surface area (Å²) in [6.07, 6.45) is 1.70. The number of amides is 1. The van der Waals surface area contributed by atoms with Crippen molar-refractivity contribution in [2.45, 2.75) is 12.5 Å². The molecule has 1 aliphatic heterocycles. The number of β-amino-alcohol motifs (C(OH)–C–C–N with tert-alkyl or cyclic N) is 1. The second-order valence-electron chi connectivity index (χ2n) is 3.42. The van der Waals surface area contributed by atoms with Crippen molar-refractivity contribution < 1.29 is 9.90 Å². The van der Waals surface area contributed by atoms with Gasteiger partial charge in [-0.2, -0.15) is 0 Å². The Hall–Kier alpha value is -1.69. The molecule has 2 heterocycles. The number of carbonyl (C=O) groups is 1. The molecule has 6 nitrogen and oxygen atoms in total. The lowest BCUT2D eigenvalue weighted by molar-refractivity contribution is 0.0995. The van der Waals surface area contributed by atoms with Crippen molar-refractivity contribution >= 4 is 11.9 Å². The highest BCUT2D eigenvalue weighted by atomic mass is 16.3. The first kappa shape index (κ1) is 9.85. The summed E-state index contributed by atoms with van der Waals surface area (Å²) in [5.41, 5.74) is 5.15. The predicted molar refractivity (Wildman–Crippen MR) is 52.2 cm³/mol. The summed E-state index contributed by atoms with van der Waals surface area (Å²) < 4.78 is 0. The first-order valence-corrected chi connectivity index (χ1v) is 4.64. The maximum atomic E-state index is 10.9. The number of aromatic nitrogens is 2. The van der Waals surface area contributed by atoms with Gasteiger partial charge in [-0.15, -0.1) is 0 Å². The predicted octanol–water partition coefficient (Wildman–Crippen LogP) is -1.05. The van der Waals surface area contributed by atoms with Crippen LogP contribution in [0.2, 0.25) is 0 Å². The van der Waals surface area contributed by atoms with Crippen LogP contribution >= 0.6 is 0 Å². The number of rotatable bonds is 2. The minimum atomic E-state index is -0.626. The molecule has 1 aliphatic rings. The third kappa shape index (κ3) is 2.04. The second kappa shape index (κ2) is 3.82. The molecule has 0 saturated carbocycles. The van der Waals surface area contributed by atoms with E-state index in [2.05, 4.69) is 16.0 Å². The number of primary amides is 1. The van der Waals surface area contributed by atoms with E-state index in [1.54, 1.807) is 0 Å². The molecule has 0 bridgehead atoms. The van der Waals surface area contributed by atoms with Crippen LogP contribution in [0.3, 0.4) is 0 Å². The van der Waals surface area contributed by atoms with Crippen LogP contribution in [0.15, 0.2) is 6.20 Å². The van der Waals surface area contributed by atoms with E-state index < -0.39 is 5.91 Å². The Balaban J connectivity index is 2.21. The van der Waals surface area contributed by atoms with Crippen molar-refractivity contribution in [2.75, 3.05) is 18.0 Å². The van der Waals surface area contributed by atoms with Crippen LogP contribution in [0.4, 0.5) is 5.95 Å². The third-order valence-corrected chi connectivity index (χ3v) is 2.27. The van der Waals surface area contributed by atoms with Gasteiger partial charge in [0.2, 0.25) is 5.95 Å². The van der Waals surface area contributed by atoms with E-state index in [0.29, 0.717) is 25.5 Å². The van der Waals surface area contributed by atoms with E-state index in [1.807, 2.05) is 4.90 Å². The van der Waals surface area contributed by atoms with Crippen LogP contribution in [-0.4, -0.2) is 40.2 Å². The molecule has 1 unspecified atom stereocenters. The zero-order chi connectivity index (χ0) is 10.8. The SMILES string of the molecule is NC(=O)c1[c]cnc(N2CCC(O)C2)n1. The quantitative estimate of drug-likeness (QED) is 0.645. The molecule has 3 N–H and O–H groups in total. The monoisotopic (exact) mass is 207 g/mol. The molecular formula is C9H11N4O2. The number of carbonyl (C=O) groups excluding carboxylic acids is 1. The van der Waals surface area contributed by atoms with Gasteiger partial charge in [-0.3, -0.25) is 4.79 Å². The Labute approximate surface area is 86.7 Å². The average Bonchev–Trinajstić information content (AvgIpc) is 2.65. The molecule has 1 saturated heterocycles. The molecule has 15 heavy (non-hydrogen) atoms. The highest BCUT2D eigenvalue weighted by Crippen LogP contribution is 2.15. The smallest absolute Gasteiger partial charge is 0.268 e. The Bertz CT molecular complexity index is 382. The lowest BCUT2D eigenvalue weighted by Gasteiger charge is -2.14. The molecule has 1 amide bonds. The van der Waals surface area contributed by atoms with Gasteiger partial charge in [-0.05, 0) is 6.42 Å². The van der Waals surface area contributed by atoms with Gasteiger partial charge in [0.05, 0.1) is 6.10 Å². The number of aliphatic hydroxyl groups is 1. The first-order valence-electron chi connectivity index (χ1n) is 4.64. The maximum Gasteiger partial charge on any atom is 0.268 e. The fourth-order valence-corrected chi connectivity index (χ4v) is 1.51. The average molecular weight is 207 g/mol. The summed E-state index contributed by atoms with van der Waals surface area (Å²) >= 11 is 0.